The summed E-state index contributed by atoms with van der Waals surface area (Å²) in [6.07, 6.45) is -0.406. The number of carbonyl (C=O) groups is 1. The van der Waals surface area contributed by atoms with Crippen molar-refractivity contribution in [3.8, 4) is 0 Å². The summed E-state index contributed by atoms with van der Waals surface area (Å²) in [5.41, 5.74) is 5.13. The predicted molar refractivity (Wildman–Crippen MR) is 96.5 cm³/mol. The van der Waals surface area contributed by atoms with Crippen LogP contribution < -0.4 is 10.6 Å². The van der Waals surface area contributed by atoms with Gasteiger partial charge in [0.1, 0.15) is 11.3 Å². The minimum Gasteiger partial charge on any atom is -0.361 e. The summed E-state index contributed by atoms with van der Waals surface area (Å²) in [6, 6.07) is 13.7. The Morgan fingerprint density at radius 1 is 1.04 bits per heavy atom. The lowest BCUT2D eigenvalue weighted by atomic mass is 10.0. The zero-order chi connectivity index (χ0) is 16.8. The summed E-state index contributed by atoms with van der Waals surface area (Å²) in [7, 11) is 0. The molecule has 2 aromatic carbocycles. The van der Waals surface area contributed by atoms with Gasteiger partial charge in [-0.25, -0.2) is 4.98 Å². The van der Waals surface area contributed by atoms with E-state index in [0.29, 0.717) is 10.7 Å². The Morgan fingerprint density at radius 3 is 2.62 bits per heavy atom. The maximum absolute atomic E-state index is 12.5. The molecule has 0 fully saturated rings. The van der Waals surface area contributed by atoms with Crippen LogP contribution in [0.25, 0.3) is 10.9 Å². The van der Waals surface area contributed by atoms with Gasteiger partial charge in [-0.15, -0.1) is 0 Å². The molecule has 1 aliphatic rings. The topological polar surface area (TPSA) is 54.0 Å². The second kappa shape index (κ2) is 5.49. The molecule has 0 aliphatic carbocycles. The van der Waals surface area contributed by atoms with Crippen LogP contribution in [0.1, 0.15) is 33.2 Å². The molecule has 0 radical (unpaired) electrons. The van der Waals surface area contributed by atoms with Crippen molar-refractivity contribution in [2.75, 3.05) is 5.32 Å². The van der Waals surface area contributed by atoms with Crippen molar-refractivity contribution < 1.29 is 4.79 Å². The first-order valence-electron chi connectivity index (χ1n) is 7.77. The molecule has 1 aromatic heterocycles. The Balaban J connectivity index is 1.81. The molecule has 0 saturated carbocycles. The minimum absolute atomic E-state index is 0.104. The Hall–Kier alpha value is -2.59. The molecule has 5 heteroatoms. The van der Waals surface area contributed by atoms with Gasteiger partial charge in [-0.3, -0.25) is 4.79 Å². The number of nitrogens with one attached hydrogen (secondary N) is 2. The van der Waals surface area contributed by atoms with E-state index in [1.54, 1.807) is 0 Å². The number of halogens is 1. The number of nitrogens with zero attached hydrogens (tertiary/aromatic N) is 1. The number of para-hydroxylation sites is 1. The highest BCUT2D eigenvalue weighted by molar-refractivity contribution is 6.30. The van der Waals surface area contributed by atoms with Crippen molar-refractivity contribution in [2.24, 2.45) is 0 Å². The van der Waals surface area contributed by atoms with Gasteiger partial charge in [-0.05, 0) is 37.1 Å². The molecule has 24 heavy (non-hydrogen) atoms. The molecule has 2 N–H and O–H groups in total. The molecule has 4 nitrogen and oxygen atoms in total. The zero-order valence-electron chi connectivity index (χ0n) is 13.4. The molecule has 0 unspecified atom stereocenters. The second-order valence-electron chi connectivity index (χ2n) is 6.06. The lowest BCUT2D eigenvalue weighted by Crippen LogP contribution is -2.39. The van der Waals surface area contributed by atoms with Gasteiger partial charge in [-0.1, -0.05) is 41.9 Å². The molecule has 3 aromatic rings. The van der Waals surface area contributed by atoms with E-state index in [0.717, 1.165) is 33.3 Å². The highest BCUT2D eigenvalue weighted by atomic mass is 35.5. The van der Waals surface area contributed by atoms with Gasteiger partial charge < -0.3 is 10.6 Å². The number of carbonyl (C=O) groups excluding carboxylic acids is 1. The van der Waals surface area contributed by atoms with Crippen molar-refractivity contribution >= 4 is 34.1 Å². The van der Waals surface area contributed by atoms with Crippen molar-refractivity contribution in [1.29, 1.82) is 0 Å². The third kappa shape index (κ3) is 2.31. The number of hydrogen-bond acceptors (Lipinski definition) is 3. The molecular formula is C19H16ClN3O. The monoisotopic (exact) mass is 337 g/mol. The van der Waals surface area contributed by atoms with Gasteiger partial charge in [0, 0.05) is 16.6 Å². The Labute approximate surface area is 144 Å². The quantitative estimate of drug-likeness (QED) is 0.649. The molecular weight excluding hydrogens is 322 g/mol. The number of aryl methyl sites for hydroxylation is 2. The van der Waals surface area contributed by atoms with Gasteiger partial charge in [0.05, 0.1) is 11.1 Å². The van der Waals surface area contributed by atoms with Gasteiger partial charge in [0.2, 0.25) is 0 Å². The van der Waals surface area contributed by atoms with Crippen molar-refractivity contribution in [1.82, 2.24) is 10.3 Å². The van der Waals surface area contributed by atoms with E-state index in [1.165, 1.54) is 0 Å². The molecule has 1 amide bonds. The first-order chi connectivity index (χ1) is 11.5. The molecule has 1 aliphatic heterocycles. The van der Waals surface area contributed by atoms with Crippen LogP contribution in [0.15, 0.2) is 42.5 Å². The summed E-state index contributed by atoms with van der Waals surface area (Å²) in [4.78, 5) is 17.0. The average Bonchev–Trinajstić information content (AvgIpc) is 2.55. The summed E-state index contributed by atoms with van der Waals surface area (Å²) < 4.78 is 0. The Bertz CT molecular complexity index is 984. The van der Waals surface area contributed by atoms with Crippen LogP contribution >= 0.6 is 11.6 Å². The lowest BCUT2D eigenvalue weighted by Gasteiger charge is -2.29. The van der Waals surface area contributed by atoms with Crippen LogP contribution in [0.5, 0.6) is 0 Å². The number of amides is 1. The van der Waals surface area contributed by atoms with E-state index < -0.39 is 6.17 Å². The summed E-state index contributed by atoms with van der Waals surface area (Å²) in [5.74, 6) is -0.104. The lowest BCUT2D eigenvalue weighted by molar-refractivity contribution is 0.0935. The van der Waals surface area contributed by atoms with Gasteiger partial charge >= 0.3 is 0 Å². The van der Waals surface area contributed by atoms with Crippen LogP contribution in [0, 0.1) is 13.8 Å². The van der Waals surface area contributed by atoms with E-state index in [-0.39, 0.29) is 5.91 Å². The standard InChI is InChI=1S/C19H16ClN3O/c1-10-5-4-8-14-15(10)19(24)23-18(21-14)13-9-12-7-3-6-11(2)16(12)22-17(13)20/h3-9,18,21H,1-2H3,(H,23,24)/t18-/m0/s1. The number of anilines is 1. The largest absolute Gasteiger partial charge is 0.361 e. The highest BCUT2D eigenvalue weighted by Gasteiger charge is 2.27. The summed E-state index contributed by atoms with van der Waals surface area (Å²) >= 11 is 6.41. The Morgan fingerprint density at radius 2 is 1.79 bits per heavy atom. The van der Waals surface area contributed by atoms with Crippen LogP contribution in [0.2, 0.25) is 5.15 Å². The van der Waals surface area contributed by atoms with Crippen molar-refractivity contribution in [3.05, 3.63) is 69.9 Å². The number of rotatable bonds is 1. The normalized spacial score (nSPS) is 16.5. The van der Waals surface area contributed by atoms with Crippen molar-refractivity contribution in [2.45, 2.75) is 20.0 Å². The van der Waals surface area contributed by atoms with Gasteiger partial charge in [0.25, 0.3) is 5.91 Å². The molecule has 4 rings (SSSR count). The maximum Gasteiger partial charge on any atom is 0.255 e. The van der Waals surface area contributed by atoms with E-state index in [2.05, 4.69) is 15.6 Å². The first-order valence-corrected chi connectivity index (χ1v) is 8.15. The molecule has 0 bridgehead atoms. The third-order valence-corrected chi connectivity index (χ3v) is 4.72. The molecule has 1 atom stereocenters. The predicted octanol–water partition coefficient (Wildman–Crippen LogP) is 4.36. The number of benzene rings is 2. The Kier molecular flexibility index (Phi) is 3.43. The average molecular weight is 338 g/mol. The fraction of sp³-hybridized carbons (Fsp3) is 0.158. The smallest absolute Gasteiger partial charge is 0.255 e. The highest BCUT2D eigenvalue weighted by Crippen LogP contribution is 2.32. The summed E-state index contributed by atoms with van der Waals surface area (Å²) in [5, 5.41) is 7.72. The van der Waals surface area contributed by atoms with Crippen LogP contribution in [0.4, 0.5) is 5.69 Å². The number of hydrogen-bond donors (Lipinski definition) is 2. The maximum atomic E-state index is 12.5. The second-order valence-corrected chi connectivity index (χ2v) is 6.42. The molecule has 120 valence electrons. The van der Waals surface area contributed by atoms with Crippen molar-refractivity contribution in [3.63, 3.8) is 0 Å². The van der Waals surface area contributed by atoms with Crippen LogP contribution in [-0.4, -0.2) is 10.9 Å². The third-order valence-electron chi connectivity index (χ3n) is 4.41. The minimum atomic E-state index is -0.406. The van der Waals surface area contributed by atoms with Crippen LogP contribution in [-0.2, 0) is 0 Å². The number of aromatic nitrogens is 1. The SMILES string of the molecule is Cc1cccc2c1C(=O)N[C@@H](c1cc3cccc(C)c3nc1Cl)N2. The number of fused-ring (bicyclic) bond motifs is 2. The fourth-order valence-corrected chi connectivity index (χ4v) is 3.43. The van der Waals surface area contributed by atoms with E-state index in [9.17, 15) is 4.79 Å². The van der Waals surface area contributed by atoms with Crippen LogP contribution in [0.3, 0.4) is 0 Å². The zero-order valence-corrected chi connectivity index (χ0v) is 14.1. The molecule has 0 saturated heterocycles. The first kappa shape index (κ1) is 15.0. The summed E-state index contributed by atoms with van der Waals surface area (Å²) in [6.45, 7) is 3.93. The fourth-order valence-electron chi connectivity index (χ4n) is 3.18. The molecule has 2 heterocycles. The van der Waals surface area contributed by atoms with Gasteiger partial charge in [0.15, 0.2) is 0 Å². The number of pyridine rings is 1. The van der Waals surface area contributed by atoms with E-state index in [4.69, 9.17) is 11.6 Å². The van der Waals surface area contributed by atoms with Gasteiger partial charge in [-0.2, -0.15) is 0 Å². The van der Waals surface area contributed by atoms with E-state index >= 15 is 0 Å². The van der Waals surface area contributed by atoms with E-state index in [1.807, 2.05) is 56.3 Å². The molecule has 0 spiro atoms.